The number of nitrogens with one attached hydrogen (secondary N) is 1. The highest BCUT2D eigenvalue weighted by Gasteiger charge is 2.22. The van der Waals surface area contributed by atoms with Gasteiger partial charge in [-0.15, -0.1) is 0 Å². The van der Waals surface area contributed by atoms with Gasteiger partial charge in [-0.3, -0.25) is 4.79 Å². The smallest absolute Gasteiger partial charge is 0.354 e. The molecule has 0 amide bonds. The van der Waals surface area contributed by atoms with E-state index in [0.29, 0.717) is 27.2 Å². The van der Waals surface area contributed by atoms with Crippen molar-refractivity contribution in [1.82, 2.24) is 4.98 Å². The molecule has 3 rings (SSSR count). The molecule has 7 heteroatoms. The minimum atomic E-state index is -1.14. The van der Waals surface area contributed by atoms with E-state index in [1.165, 1.54) is 24.3 Å². The van der Waals surface area contributed by atoms with Crippen LogP contribution < -0.4 is 4.90 Å². The summed E-state index contributed by atoms with van der Waals surface area (Å²) in [6.45, 7) is -0.0541. The van der Waals surface area contributed by atoms with Crippen molar-refractivity contribution < 1.29 is 19.1 Å². The fraction of sp³-hybridized carbons (Fsp3) is 0.111. The molecule has 2 aromatic carbocycles. The van der Waals surface area contributed by atoms with Crippen LogP contribution in [0.25, 0.3) is 10.9 Å². The largest absolute Gasteiger partial charge is 0.477 e. The number of carbonyl (C=O) groups excluding carboxylic acids is 1. The minimum absolute atomic E-state index is 0.0216. The van der Waals surface area contributed by atoms with Crippen LogP contribution >= 0.6 is 11.6 Å². The molecule has 0 atom stereocenters. The van der Waals surface area contributed by atoms with Gasteiger partial charge in [0.05, 0.1) is 12.2 Å². The number of aromatic nitrogens is 1. The second-order valence-corrected chi connectivity index (χ2v) is 6.07. The number of carboxylic acid groups (broad SMARTS) is 1. The lowest BCUT2D eigenvalue weighted by molar-refractivity contribution is 0.0691. The highest BCUT2D eigenvalue weighted by atomic mass is 35.5. The predicted octanol–water partition coefficient (Wildman–Crippen LogP) is 3.98. The summed E-state index contributed by atoms with van der Waals surface area (Å²) in [5, 5.41) is 10.6. The molecule has 1 heterocycles. The Kier molecular flexibility index (Phi) is 4.46. The summed E-state index contributed by atoms with van der Waals surface area (Å²) in [7, 11) is 1.63. The van der Waals surface area contributed by atoms with Crippen molar-refractivity contribution in [2.24, 2.45) is 0 Å². The Balaban J connectivity index is 1.97. The Morgan fingerprint density at radius 1 is 1.20 bits per heavy atom. The number of ketones is 1. The van der Waals surface area contributed by atoms with E-state index in [2.05, 4.69) is 4.98 Å². The molecule has 0 bridgehead atoms. The van der Waals surface area contributed by atoms with Gasteiger partial charge in [0.15, 0.2) is 5.78 Å². The number of Topliss-reactive ketones (excluding diaryl/α,β-unsaturated/α-hetero) is 1. The Labute approximate surface area is 147 Å². The second kappa shape index (κ2) is 6.57. The van der Waals surface area contributed by atoms with Gasteiger partial charge in [0, 0.05) is 28.5 Å². The fourth-order valence-corrected chi connectivity index (χ4v) is 2.90. The molecule has 2 N–H and O–H groups in total. The summed E-state index contributed by atoms with van der Waals surface area (Å²) in [6, 6.07) is 10.2. The second-order valence-electron chi connectivity index (χ2n) is 5.63. The quantitative estimate of drug-likeness (QED) is 0.675. The number of H-pyrrole nitrogens is 1. The molecule has 0 radical (unpaired) electrons. The van der Waals surface area contributed by atoms with E-state index in [1.54, 1.807) is 30.1 Å². The van der Waals surface area contributed by atoms with Crippen molar-refractivity contribution >= 4 is 39.9 Å². The highest BCUT2D eigenvalue weighted by molar-refractivity contribution is 6.31. The molecule has 0 fully saturated rings. The van der Waals surface area contributed by atoms with Crippen LogP contribution in [0.5, 0.6) is 0 Å². The maximum atomic E-state index is 13.0. The average Bonchev–Trinajstić information content (AvgIpc) is 2.94. The lowest BCUT2D eigenvalue weighted by Crippen LogP contribution is -2.27. The van der Waals surface area contributed by atoms with Crippen LogP contribution in [0, 0.1) is 5.82 Å². The lowest BCUT2D eigenvalue weighted by atomic mass is 10.1. The average molecular weight is 361 g/mol. The van der Waals surface area contributed by atoms with Crippen LogP contribution in [0.3, 0.4) is 0 Å². The van der Waals surface area contributed by atoms with E-state index in [-0.39, 0.29) is 18.0 Å². The van der Waals surface area contributed by atoms with Gasteiger partial charge in [-0.2, -0.15) is 0 Å². The normalized spacial score (nSPS) is 10.8. The molecule has 128 valence electrons. The Hall–Kier alpha value is -2.86. The first-order chi connectivity index (χ1) is 11.9. The van der Waals surface area contributed by atoms with Crippen molar-refractivity contribution in [3.05, 3.63) is 64.6 Å². The third kappa shape index (κ3) is 3.34. The van der Waals surface area contributed by atoms with E-state index >= 15 is 0 Å². The molecular weight excluding hydrogens is 347 g/mol. The Bertz CT molecular complexity index is 966. The predicted molar refractivity (Wildman–Crippen MR) is 94.3 cm³/mol. The number of likely N-dealkylation sites (N-methyl/N-ethyl adjacent to an activating group) is 1. The lowest BCUT2D eigenvalue weighted by Gasteiger charge is -2.18. The summed E-state index contributed by atoms with van der Waals surface area (Å²) in [4.78, 5) is 28.3. The summed E-state index contributed by atoms with van der Waals surface area (Å²) < 4.78 is 13.0. The van der Waals surface area contributed by atoms with Gasteiger partial charge < -0.3 is 15.0 Å². The van der Waals surface area contributed by atoms with Crippen LogP contribution in [-0.2, 0) is 0 Å². The van der Waals surface area contributed by atoms with Gasteiger partial charge in [-0.1, -0.05) is 11.6 Å². The summed E-state index contributed by atoms with van der Waals surface area (Å²) in [5.74, 6) is -1.81. The molecule has 0 aliphatic rings. The van der Waals surface area contributed by atoms with Crippen LogP contribution in [0.4, 0.5) is 10.1 Å². The van der Waals surface area contributed by atoms with Crippen LogP contribution in [0.1, 0.15) is 20.8 Å². The number of hydrogen-bond acceptors (Lipinski definition) is 3. The van der Waals surface area contributed by atoms with E-state index in [9.17, 15) is 19.1 Å². The first kappa shape index (κ1) is 17.0. The number of aromatic carboxylic acids is 1. The monoisotopic (exact) mass is 360 g/mol. The fourth-order valence-electron chi connectivity index (χ4n) is 2.73. The van der Waals surface area contributed by atoms with Crippen molar-refractivity contribution in [1.29, 1.82) is 0 Å². The number of hydrogen-bond donors (Lipinski definition) is 2. The van der Waals surface area contributed by atoms with Gasteiger partial charge in [0.25, 0.3) is 0 Å². The zero-order valence-electron chi connectivity index (χ0n) is 13.2. The molecule has 0 unspecified atom stereocenters. The first-order valence-corrected chi connectivity index (χ1v) is 7.79. The third-order valence-electron chi connectivity index (χ3n) is 3.88. The molecular formula is C18H14ClFN2O3. The molecule has 0 aliphatic heterocycles. The topological polar surface area (TPSA) is 73.4 Å². The summed E-state index contributed by atoms with van der Waals surface area (Å²) in [5.41, 5.74) is 1.30. The number of carboxylic acids is 1. The van der Waals surface area contributed by atoms with E-state index in [0.717, 1.165) is 0 Å². The number of halogens is 2. The Morgan fingerprint density at radius 3 is 2.52 bits per heavy atom. The number of benzene rings is 2. The van der Waals surface area contributed by atoms with Crippen molar-refractivity contribution in [2.75, 3.05) is 18.5 Å². The first-order valence-electron chi connectivity index (χ1n) is 7.41. The highest BCUT2D eigenvalue weighted by Crippen LogP contribution is 2.32. The van der Waals surface area contributed by atoms with Crippen LogP contribution in [-0.4, -0.2) is 35.4 Å². The zero-order valence-corrected chi connectivity index (χ0v) is 14.0. The number of carbonyl (C=O) groups is 2. The van der Waals surface area contributed by atoms with Crippen molar-refractivity contribution in [3.8, 4) is 0 Å². The van der Waals surface area contributed by atoms with Gasteiger partial charge in [0.1, 0.15) is 11.5 Å². The van der Waals surface area contributed by atoms with Crippen LogP contribution in [0.15, 0.2) is 42.5 Å². The molecule has 0 aliphatic carbocycles. The number of aromatic amines is 1. The van der Waals surface area contributed by atoms with Gasteiger partial charge >= 0.3 is 5.97 Å². The number of rotatable bonds is 5. The molecule has 0 saturated carbocycles. The SMILES string of the molecule is CN(CC(=O)c1ccc(F)cc1)c1c(C(=O)O)[nH]c2cc(Cl)ccc12. The molecule has 3 aromatic rings. The molecule has 25 heavy (non-hydrogen) atoms. The van der Waals surface area contributed by atoms with E-state index < -0.39 is 11.8 Å². The molecule has 1 aromatic heterocycles. The molecule has 5 nitrogen and oxygen atoms in total. The van der Waals surface area contributed by atoms with E-state index in [1.807, 2.05) is 0 Å². The van der Waals surface area contributed by atoms with Gasteiger partial charge in [-0.25, -0.2) is 9.18 Å². The Morgan fingerprint density at radius 2 is 1.88 bits per heavy atom. The number of anilines is 1. The summed E-state index contributed by atoms with van der Waals surface area (Å²) in [6.07, 6.45) is 0. The molecule has 0 spiro atoms. The maximum Gasteiger partial charge on any atom is 0.354 e. The number of fused-ring (bicyclic) bond motifs is 1. The number of nitrogens with zero attached hydrogens (tertiary/aromatic N) is 1. The van der Waals surface area contributed by atoms with Gasteiger partial charge in [-0.05, 0) is 42.5 Å². The van der Waals surface area contributed by atoms with Gasteiger partial charge in [0.2, 0.25) is 0 Å². The minimum Gasteiger partial charge on any atom is -0.477 e. The summed E-state index contributed by atoms with van der Waals surface area (Å²) >= 11 is 5.95. The maximum absolute atomic E-state index is 13.0. The van der Waals surface area contributed by atoms with E-state index in [4.69, 9.17) is 11.6 Å². The zero-order chi connectivity index (χ0) is 18.1. The molecule has 0 saturated heterocycles. The third-order valence-corrected chi connectivity index (χ3v) is 4.11. The van der Waals surface area contributed by atoms with Crippen molar-refractivity contribution in [3.63, 3.8) is 0 Å². The standard InChI is InChI=1S/C18H14ClFN2O3/c1-22(9-15(23)10-2-5-12(20)6-3-10)17-13-7-4-11(19)8-14(13)21-16(17)18(24)25/h2-8,21H,9H2,1H3,(H,24,25). The van der Waals surface area contributed by atoms with Crippen LogP contribution in [0.2, 0.25) is 5.02 Å². The van der Waals surface area contributed by atoms with Crippen molar-refractivity contribution in [2.45, 2.75) is 0 Å².